The predicted octanol–water partition coefficient (Wildman–Crippen LogP) is 2.22. The maximum Gasteiger partial charge on any atom is 0.273 e. The lowest BCUT2D eigenvalue weighted by Crippen LogP contribution is -2.28. The number of methoxy groups -OCH3 is 1. The normalized spacial score (nSPS) is 19.2. The zero-order valence-corrected chi connectivity index (χ0v) is 16.3. The number of nitrogens with one attached hydrogen (secondary N) is 1. The van der Waals surface area contributed by atoms with E-state index >= 15 is 0 Å². The van der Waals surface area contributed by atoms with E-state index in [1.54, 1.807) is 36.2 Å². The van der Waals surface area contributed by atoms with E-state index in [9.17, 15) is 4.79 Å². The summed E-state index contributed by atoms with van der Waals surface area (Å²) in [5.74, 6) is 0.806. The van der Waals surface area contributed by atoms with Crippen LogP contribution < -0.4 is 15.8 Å². The Balaban J connectivity index is 0.00000225. The SMILES string of the molecule is COc1ccc2oc(CNC(=O)c3cn(C4CCC(N)CC4)nn3)nc2c1.Cl. The molecule has 150 valence electrons. The summed E-state index contributed by atoms with van der Waals surface area (Å²) in [6.07, 6.45) is 5.53. The number of rotatable bonds is 5. The molecule has 3 N–H and O–H groups in total. The molecule has 28 heavy (non-hydrogen) atoms. The van der Waals surface area contributed by atoms with Crippen molar-refractivity contribution in [3.63, 3.8) is 0 Å². The van der Waals surface area contributed by atoms with Gasteiger partial charge in [-0.25, -0.2) is 9.67 Å². The summed E-state index contributed by atoms with van der Waals surface area (Å²) in [6, 6.07) is 5.89. The molecule has 0 spiro atoms. The van der Waals surface area contributed by atoms with Crippen LogP contribution in [0.25, 0.3) is 11.1 Å². The second-order valence-corrected chi connectivity index (χ2v) is 6.78. The number of aromatic nitrogens is 4. The molecule has 0 unspecified atom stereocenters. The molecule has 0 bridgehead atoms. The molecule has 10 heteroatoms. The van der Waals surface area contributed by atoms with Crippen molar-refractivity contribution in [2.75, 3.05) is 7.11 Å². The van der Waals surface area contributed by atoms with Crippen molar-refractivity contribution in [1.82, 2.24) is 25.3 Å². The molecule has 2 aromatic heterocycles. The number of hydrogen-bond donors (Lipinski definition) is 2. The third-order valence-corrected chi connectivity index (χ3v) is 4.90. The summed E-state index contributed by atoms with van der Waals surface area (Å²) in [5.41, 5.74) is 7.54. The number of amides is 1. The van der Waals surface area contributed by atoms with Crippen molar-refractivity contribution in [2.24, 2.45) is 5.73 Å². The van der Waals surface area contributed by atoms with E-state index in [0.29, 0.717) is 22.7 Å². The molecule has 3 aromatic rings. The molecule has 2 heterocycles. The first kappa shape index (κ1) is 20.1. The van der Waals surface area contributed by atoms with Gasteiger partial charge in [-0.05, 0) is 37.8 Å². The topological polar surface area (TPSA) is 121 Å². The molecule has 9 nitrogen and oxygen atoms in total. The number of benzene rings is 1. The zero-order chi connectivity index (χ0) is 18.8. The maximum absolute atomic E-state index is 12.3. The van der Waals surface area contributed by atoms with Gasteiger partial charge in [0.05, 0.1) is 25.9 Å². The van der Waals surface area contributed by atoms with Gasteiger partial charge in [-0.15, -0.1) is 17.5 Å². The predicted molar refractivity (Wildman–Crippen MR) is 104 cm³/mol. The molecule has 0 atom stereocenters. The van der Waals surface area contributed by atoms with Crippen LogP contribution in [-0.4, -0.2) is 39.0 Å². The number of carbonyl (C=O) groups is 1. The summed E-state index contributed by atoms with van der Waals surface area (Å²) < 4.78 is 12.6. The van der Waals surface area contributed by atoms with Gasteiger partial charge in [0.25, 0.3) is 5.91 Å². The highest BCUT2D eigenvalue weighted by atomic mass is 35.5. The van der Waals surface area contributed by atoms with Gasteiger partial charge in [-0.2, -0.15) is 0 Å². The van der Waals surface area contributed by atoms with Crippen molar-refractivity contribution < 1.29 is 13.9 Å². The molecular formula is C18H23ClN6O3. The molecule has 0 radical (unpaired) electrons. The monoisotopic (exact) mass is 406 g/mol. The molecule has 1 fully saturated rings. The fraction of sp³-hybridized carbons (Fsp3) is 0.444. The number of nitrogens with two attached hydrogens (primary N) is 1. The molecule has 1 aromatic carbocycles. The third-order valence-electron chi connectivity index (χ3n) is 4.90. The first-order valence-electron chi connectivity index (χ1n) is 9.01. The summed E-state index contributed by atoms with van der Waals surface area (Å²) in [4.78, 5) is 16.7. The van der Waals surface area contributed by atoms with Gasteiger partial charge in [-0.3, -0.25) is 4.79 Å². The van der Waals surface area contributed by atoms with Crippen molar-refractivity contribution in [3.8, 4) is 5.75 Å². The second-order valence-electron chi connectivity index (χ2n) is 6.78. The first-order valence-corrected chi connectivity index (χ1v) is 9.01. The van der Waals surface area contributed by atoms with Crippen LogP contribution in [0.1, 0.15) is 48.1 Å². The molecular weight excluding hydrogens is 384 g/mol. The van der Waals surface area contributed by atoms with Gasteiger partial charge in [0.15, 0.2) is 11.3 Å². The Labute approximate surface area is 168 Å². The van der Waals surface area contributed by atoms with Crippen molar-refractivity contribution in [1.29, 1.82) is 0 Å². The Hall–Kier alpha value is -2.65. The lowest BCUT2D eigenvalue weighted by molar-refractivity contribution is 0.0942. The van der Waals surface area contributed by atoms with Crippen LogP contribution in [0.4, 0.5) is 0 Å². The first-order chi connectivity index (χ1) is 13.1. The van der Waals surface area contributed by atoms with Crippen molar-refractivity contribution >= 4 is 29.4 Å². The number of ether oxygens (including phenoxy) is 1. The average molecular weight is 407 g/mol. The standard InChI is InChI=1S/C18H22N6O3.ClH/c1-26-13-6-7-16-14(8-13)21-17(27-16)9-20-18(25)15-10-24(23-22-15)12-4-2-11(19)3-5-12;/h6-8,10-12H,2-5,9,19H2,1H3,(H,20,25);1H. The van der Waals surface area contributed by atoms with E-state index < -0.39 is 0 Å². The van der Waals surface area contributed by atoms with Crippen LogP contribution in [0.15, 0.2) is 28.8 Å². The number of hydrogen-bond acceptors (Lipinski definition) is 7. The minimum absolute atomic E-state index is 0. The fourth-order valence-electron chi connectivity index (χ4n) is 3.33. The lowest BCUT2D eigenvalue weighted by atomic mass is 9.92. The largest absolute Gasteiger partial charge is 0.497 e. The van der Waals surface area contributed by atoms with Crippen molar-refractivity contribution in [2.45, 2.75) is 44.3 Å². The van der Waals surface area contributed by atoms with Gasteiger partial charge in [0.1, 0.15) is 11.3 Å². The minimum atomic E-state index is -0.311. The van der Waals surface area contributed by atoms with Crippen LogP contribution in [0.3, 0.4) is 0 Å². The Morgan fingerprint density at radius 1 is 1.36 bits per heavy atom. The minimum Gasteiger partial charge on any atom is -0.497 e. The molecule has 0 aliphatic heterocycles. The summed E-state index contributed by atoms with van der Waals surface area (Å²) in [6.45, 7) is 0.168. The second kappa shape index (κ2) is 8.57. The van der Waals surface area contributed by atoms with E-state index in [1.807, 2.05) is 0 Å². The van der Waals surface area contributed by atoms with Crippen LogP contribution in [0.2, 0.25) is 0 Å². The Morgan fingerprint density at radius 2 is 2.14 bits per heavy atom. The summed E-state index contributed by atoms with van der Waals surface area (Å²) >= 11 is 0. The molecule has 1 aliphatic rings. The van der Waals surface area contributed by atoms with Gasteiger partial charge in [0, 0.05) is 12.1 Å². The Bertz CT molecular complexity index is 948. The van der Waals surface area contributed by atoms with Gasteiger partial charge < -0.3 is 20.2 Å². The average Bonchev–Trinajstić information content (AvgIpc) is 3.33. The summed E-state index contributed by atoms with van der Waals surface area (Å²) in [7, 11) is 1.59. The van der Waals surface area contributed by atoms with Crippen LogP contribution in [0.5, 0.6) is 5.75 Å². The van der Waals surface area contributed by atoms with E-state index in [1.165, 1.54) is 0 Å². The van der Waals surface area contributed by atoms with Gasteiger partial charge in [-0.1, -0.05) is 5.21 Å². The molecule has 1 amide bonds. The number of oxazole rings is 1. The molecule has 4 rings (SSSR count). The number of nitrogens with zero attached hydrogens (tertiary/aromatic N) is 4. The van der Waals surface area contributed by atoms with E-state index in [4.69, 9.17) is 14.9 Å². The van der Waals surface area contributed by atoms with Crippen LogP contribution >= 0.6 is 12.4 Å². The van der Waals surface area contributed by atoms with E-state index in [0.717, 1.165) is 25.7 Å². The fourth-order valence-corrected chi connectivity index (χ4v) is 3.33. The Kier molecular flexibility index (Phi) is 6.15. The number of carbonyl (C=O) groups excluding carboxylic acids is 1. The molecule has 1 saturated carbocycles. The van der Waals surface area contributed by atoms with Crippen LogP contribution in [0, 0.1) is 0 Å². The maximum atomic E-state index is 12.3. The highest BCUT2D eigenvalue weighted by molar-refractivity contribution is 5.91. The van der Waals surface area contributed by atoms with Gasteiger partial charge in [0.2, 0.25) is 5.89 Å². The highest BCUT2D eigenvalue weighted by Gasteiger charge is 2.22. The zero-order valence-electron chi connectivity index (χ0n) is 15.5. The molecule has 0 saturated heterocycles. The lowest BCUT2D eigenvalue weighted by Gasteiger charge is -2.25. The van der Waals surface area contributed by atoms with E-state index in [2.05, 4.69) is 20.6 Å². The van der Waals surface area contributed by atoms with Gasteiger partial charge >= 0.3 is 0 Å². The number of fused-ring (bicyclic) bond motifs is 1. The quantitative estimate of drug-likeness (QED) is 0.666. The summed E-state index contributed by atoms with van der Waals surface area (Å²) in [5, 5.41) is 10.9. The third kappa shape index (κ3) is 4.26. The molecule has 1 aliphatic carbocycles. The Morgan fingerprint density at radius 3 is 2.89 bits per heavy atom. The smallest absolute Gasteiger partial charge is 0.273 e. The number of halogens is 1. The van der Waals surface area contributed by atoms with E-state index in [-0.39, 0.29) is 42.6 Å². The highest BCUT2D eigenvalue weighted by Crippen LogP contribution is 2.26. The van der Waals surface area contributed by atoms with Crippen LogP contribution in [-0.2, 0) is 6.54 Å². The van der Waals surface area contributed by atoms with Crippen molar-refractivity contribution in [3.05, 3.63) is 36.0 Å².